The number of hydrogen-bond acceptors (Lipinski definition) is 4. The van der Waals surface area contributed by atoms with Crippen molar-refractivity contribution in [1.82, 2.24) is 0 Å². The van der Waals surface area contributed by atoms with Crippen molar-refractivity contribution in [2.45, 2.75) is 13.0 Å². The predicted octanol–water partition coefficient (Wildman–Crippen LogP) is 3.48. The van der Waals surface area contributed by atoms with E-state index in [1.54, 1.807) is 0 Å². The predicted molar refractivity (Wildman–Crippen MR) is 78.4 cm³/mol. The first-order chi connectivity index (χ1) is 10.1. The Morgan fingerprint density at radius 1 is 1.19 bits per heavy atom. The fraction of sp³-hybridized carbons (Fsp3) is 0.133. The van der Waals surface area contributed by atoms with Gasteiger partial charge in [-0.1, -0.05) is 30.3 Å². The first-order valence-corrected chi connectivity index (χ1v) is 6.56. The molecule has 0 N–H and O–H groups in total. The lowest BCUT2D eigenvalue weighted by molar-refractivity contribution is -0.385. The van der Waals surface area contributed by atoms with Gasteiger partial charge in [-0.2, -0.15) is 0 Å². The van der Waals surface area contributed by atoms with E-state index in [9.17, 15) is 14.9 Å². The largest absolute Gasteiger partial charge is 0.489 e. The second-order valence-corrected chi connectivity index (χ2v) is 4.78. The summed E-state index contributed by atoms with van der Waals surface area (Å²) in [6.45, 7) is 0.340. The Labute approximate surface area is 126 Å². The minimum absolute atomic E-state index is 0.143. The lowest BCUT2D eigenvalue weighted by Gasteiger charge is -2.08. The Bertz CT molecular complexity index is 658. The van der Waals surface area contributed by atoms with E-state index in [1.807, 2.05) is 30.3 Å². The van der Waals surface area contributed by atoms with Gasteiger partial charge in [0.05, 0.1) is 11.3 Å². The van der Waals surface area contributed by atoms with E-state index >= 15 is 0 Å². The van der Waals surface area contributed by atoms with E-state index in [-0.39, 0.29) is 17.7 Å². The van der Waals surface area contributed by atoms with Gasteiger partial charge in [0, 0.05) is 11.6 Å². The highest BCUT2D eigenvalue weighted by Gasteiger charge is 2.16. The average Bonchev–Trinajstić information content (AvgIpc) is 2.45. The molecule has 0 amide bonds. The molecule has 21 heavy (non-hydrogen) atoms. The number of benzene rings is 2. The van der Waals surface area contributed by atoms with Crippen molar-refractivity contribution in [3.05, 3.63) is 69.8 Å². The van der Waals surface area contributed by atoms with E-state index < -0.39 is 10.2 Å². The third-order valence-electron chi connectivity index (χ3n) is 2.83. The molecule has 0 spiro atoms. The fourth-order valence-electron chi connectivity index (χ4n) is 1.86. The van der Waals surface area contributed by atoms with Crippen LogP contribution in [0.1, 0.15) is 11.1 Å². The van der Waals surface area contributed by atoms with Crippen molar-refractivity contribution in [3.63, 3.8) is 0 Å². The highest BCUT2D eigenvalue weighted by molar-refractivity contribution is 6.63. The Hall–Kier alpha value is -2.40. The van der Waals surface area contributed by atoms with Crippen LogP contribution in [0, 0.1) is 10.1 Å². The van der Waals surface area contributed by atoms with E-state index in [0.717, 1.165) is 5.56 Å². The molecule has 0 aromatic heterocycles. The van der Waals surface area contributed by atoms with Crippen molar-refractivity contribution in [3.8, 4) is 5.75 Å². The Morgan fingerprint density at radius 2 is 1.90 bits per heavy atom. The van der Waals surface area contributed by atoms with Gasteiger partial charge in [0.25, 0.3) is 5.69 Å². The number of halogens is 1. The quantitative estimate of drug-likeness (QED) is 0.465. The number of hydrogen-bond donors (Lipinski definition) is 0. The molecule has 5 nitrogen and oxygen atoms in total. The molecule has 108 valence electrons. The molecule has 0 saturated heterocycles. The summed E-state index contributed by atoms with van der Waals surface area (Å²) in [4.78, 5) is 21.3. The van der Waals surface area contributed by atoms with Gasteiger partial charge < -0.3 is 4.74 Å². The first kappa shape index (κ1) is 15.0. The molecule has 0 bridgehead atoms. The van der Waals surface area contributed by atoms with E-state index in [1.165, 1.54) is 18.2 Å². The topological polar surface area (TPSA) is 69.4 Å². The molecule has 0 aliphatic heterocycles. The normalized spacial score (nSPS) is 10.1. The molecular weight excluding hydrogens is 294 g/mol. The van der Waals surface area contributed by atoms with Crippen LogP contribution in [-0.4, -0.2) is 10.2 Å². The lowest BCUT2D eigenvalue weighted by Crippen LogP contribution is -2.01. The van der Waals surface area contributed by atoms with Gasteiger partial charge in [-0.3, -0.25) is 14.9 Å². The maximum Gasteiger partial charge on any atom is 0.273 e. The second kappa shape index (κ2) is 6.85. The van der Waals surface area contributed by atoms with Crippen molar-refractivity contribution >= 4 is 22.5 Å². The highest BCUT2D eigenvalue weighted by Crippen LogP contribution is 2.25. The van der Waals surface area contributed by atoms with Crippen LogP contribution in [0.2, 0.25) is 0 Å². The molecule has 2 aromatic rings. The molecular formula is C15H12ClNO4. The Kier molecular flexibility index (Phi) is 4.90. The number of carbonyl (C=O) groups excluding carboxylic acids is 1. The van der Waals surface area contributed by atoms with E-state index in [2.05, 4.69) is 0 Å². The number of nitro benzene ring substituents is 1. The van der Waals surface area contributed by atoms with Gasteiger partial charge in [-0.15, -0.1) is 0 Å². The maximum atomic E-state index is 11.0. The van der Waals surface area contributed by atoms with Gasteiger partial charge in [0.1, 0.15) is 12.4 Å². The monoisotopic (exact) mass is 305 g/mol. The fourth-order valence-corrected chi connectivity index (χ4v) is 2.01. The summed E-state index contributed by atoms with van der Waals surface area (Å²) in [5.74, 6) is 0.456. The SMILES string of the molecule is O=C(Cl)Cc1cc(OCc2ccccc2)ccc1[N+](=O)[O-]. The molecule has 0 unspecified atom stereocenters. The molecule has 2 rings (SSSR count). The van der Waals surface area contributed by atoms with Gasteiger partial charge in [0.2, 0.25) is 5.24 Å². The average molecular weight is 306 g/mol. The first-order valence-electron chi connectivity index (χ1n) is 6.18. The molecule has 0 aliphatic rings. The van der Waals surface area contributed by atoms with Crippen LogP contribution in [0.15, 0.2) is 48.5 Å². The molecule has 2 aromatic carbocycles. The molecule has 0 atom stereocenters. The zero-order valence-corrected chi connectivity index (χ0v) is 11.7. The summed E-state index contributed by atoms with van der Waals surface area (Å²) < 4.78 is 5.57. The molecule has 0 aliphatic carbocycles. The summed E-state index contributed by atoms with van der Waals surface area (Å²) in [7, 11) is 0. The standard InChI is InChI=1S/C15H12ClNO4/c16-15(18)9-12-8-13(6-7-14(12)17(19)20)21-10-11-4-2-1-3-5-11/h1-8H,9-10H2. The lowest BCUT2D eigenvalue weighted by atomic mass is 10.1. The van der Waals surface area contributed by atoms with Crippen LogP contribution in [0.4, 0.5) is 5.69 Å². The summed E-state index contributed by atoms with van der Waals surface area (Å²) in [5, 5.41) is 10.2. The molecule has 0 radical (unpaired) electrons. The zero-order chi connectivity index (χ0) is 15.2. The van der Waals surface area contributed by atoms with Crippen LogP contribution in [0.3, 0.4) is 0 Å². The molecule has 0 fully saturated rings. The summed E-state index contributed by atoms with van der Waals surface area (Å²) >= 11 is 5.31. The van der Waals surface area contributed by atoms with Crippen LogP contribution >= 0.6 is 11.6 Å². The third kappa shape index (κ3) is 4.29. The number of rotatable bonds is 6. The smallest absolute Gasteiger partial charge is 0.273 e. The summed E-state index contributed by atoms with van der Waals surface area (Å²) in [6, 6.07) is 13.8. The Balaban J connectivity index is 2.17. The minimum Gasteiger partial charge on any atom is -0.489 e. The summed E-state index contributed by atoms with van der Waals surface area (Å²) in [5.41, 5.74) is 1.08. The van der Waals surface area contributed by atoms with Crippen LogP contribution in [0.25, 0.3) is 0 Å². The number of carbonyl (C=O) groups is 1. The number of nitrogens with zero attached hydrogens (tertiary/aromatic N) is 1. The molecule has 0 saturated carbocycles. The van der Waals surface area contributed by atoms with Gasteiger partial charge in [-0.25, -0.2) is 0 Å². The van der Waals surface area contributed by atoms with Crippen LogP contribution in [0.5, 0.6) is 5.75 Å². The van der Waals surface area contributed by atoms with Crippen LogP contribution in [-0.2, 0) is 17.8 Å². The van der Waals surface area contributed by atoms with Crippen molar-refractivity contribution in [2.75, 3.05) is 0 Å². The van der Waals surface area contributed by atoms with Crippen LogP contribution < -0.4 is 4.74 Å². The minimum atomic E-state index is -0.654. The van der Waals surface area contributed by atoms with Gasteiger partial charge in [0.15, 0.2) is 0 Å². The number of ether oxygens (including phenoxy) is 1. The third-order valence-corrected chi connectivity index (χ3v) is 2.96. The van der Waals surface area contributed by atoms with E-state index in [0.29, 0.717) is 12.4 Å². The Morgan fingerprint density at radius 3 is 2.52 bits per heavy atom. The molecule has 0 heterocycles. The summed E-state index contributed by atoms with van der Waals surface area (Å²) in [6.07, 6.45) is -0.208. The van der Waals surface area contributed by atoms with Gasteiger partial charge >= 0.3 is 0 Å². The van der Waals surface area contributed by atoms with Crippen molar-refractivity contribution < 1.29 is 14.5 Å². The van der Waals surface area contributed by atoms with Crippen molar-refractivity contribution in [1.29, 1.82) is 0 Å². The number of nitro groups is 1. The van der Waals surface area contributed by atoms with Crippen molar-refractivity contribution in [2.24, 2.45) is 0 Å². The van der Waals surface area contributed by atoms with Gasteiger partial charge in [-0.05, 0) is 29.3 Å². The van der Waals surface area contributed by atoms with E-state index in [4.69, 9.17) is 16.3 Å². The zero-order valence-electron chi connectivity index (χ0n) is 11.0. The maximum absolute atomic E-state index is 11.0. The highest BCUT2D eigenvalue weighted by atomic mass is 35.5. The molecule has 6 heteroatoms. The second-order valence-electron chi connectivity index (χ2n) is 4.35.